The Morgan fingerprint density at radius 2 is 2.10 bits per heavy atom. The Bertz CT molecular complexity index is 1190. The Kier molecular flexibility index (Phi) is 4.79. The fourth-order valence-corrected chi connectivity index (χ4v) is 3.35. The van der Waals surface area contributed by atoms with Crippen LogP contribution < -0.4 is 9.75 Å². The molecule has 3 aromatic rings. The maximum absolute atomic E-state index is 13.8. The van der Waals surface area contributed by atoms with Gasteiger partial charge in [0.05, 0.1) is 24.0 Å². The molecule has 0 radical (unpaired) electrons. The van der Waals surface area contributed by atoms with Crippen LogP contribution in [0.4, 0.5) is 13.2 Å². The van der Waals surface area contributed by atoms with Gasteiger partial charge in [0.25, 0.3) is 11.6 Å². The third kappa shape index (κ3) is 3.42. The summed E-state index contributed by atoms with van der Waals surface area (Å²) in [6, 6.07) is 7.10. The van der Waals surface area contributed by atoms with Crippen LogP contribution in [0.2, 0.25) is 0 Å². The average molecular weight is 433 g/mol. The zero-order valence-electron chi connectivity index (χ0n) is 15.6. The molecule has 0 N–H and O–H groups in total. The molecule has 1 aromatic carbocycles. The number of pyridine rings is 1. The Hall–Kier alpha value is -3.31. The van der Waals surface area contributed by atoms with Crippen LogP contribution >= 0.6 is 9.24 Å². The fraction of sp³-hybridized carbons (Fsp3) is 0.211. The highest BCUT2D eigenvalue weighted by molar-refractivity contribution is 7.18. The van der Waals surface area contributed by atoms with Crippen LogP contribution in [-0.4, -0.2) is 32.6 Å². The number of carbonyl (C=O) groups is 1. The number of aromatic nitrogens is 3. The van der Waals surface area contributed by atoms with E-state index in [1.165, 1.54) is 48.2 Å². The smallest absolute Gasteiger partial charge is 0.291 e. The van der Waals surface area contributed by atoms with Crippen molar-refractivity contribution >= 4 is 15.1 Å². The van der Waals surface area contributed by atoms with Gasteiger partial charge in [-0.2, -0.15) is 18.8 Å². The van der Waals surface area contributed by atoms with Crippen LogP contribution in [0, 0.1) is 17.1 Å². The van der Waals surface area contributed by atoms with E-state index in [2.05, 4.69) is 4.98 Å². The molecule has 1 aliphatic heterocycles. The van der Waals surface area contributed by atoms with Gasteiger partial charge < -0.3 is 4.74 Å². The van der Waals surface area contributed by atoms with Crippen molar-refractivity contribution in [3.05, 3.63) is 59.3 Å². The number of amides is 1. The number of rotatable bonds is 5. The Labute approximate surface area is 171 Å². The molecule has 7 nitrogen and oxygen atoms in total. The third-order valence-corrected chi connectivity index (χ3v) is 4.87. The summed E-state index contributed by atoms with van der Waals surface area (Å²) in [6.45, 7) is -0.831. The van der Waals surface area contributed by atoms with Crippen LogP contribution in [0.5, 0.6) is 5.75 Å². The molecular formula is C19H15F3N5O2P. The maximum atomic E-state index is 13.8. The van der Waals surface area contributed by atoms with Gasteiger partial charge in [-0.1, -0.05) is 9.24 Å². The molecule has 3 heterocycles. The molecule has 0 bridgehead atoms. The van der Waals surface area contributed by atoms with Gasteiger partial charge in [0.15, 0.2) is 12.3 Å². The second kappa shape index (κ2) is 7.18. The summed E-state index contributed by atoms with van der Waals surface area (Å²) in [4.78, 5) is 18.7. The van der Waals surface area contributed by atoms with E-state index < -0.39 is 18.1 Å². The van der Waals surface area contributed by atoms with Gasteiger partial charge >= 0.3 is 0 Å². The molecule has 0 spiro atoms. The summed E-state index contributed by atoms with van der Waals surface area (Å²) in [7, 11) is 3.00. The molecule has 1 amide bonds. The molecule has 0 aliphatic carbocycles. The summed E-state index contributed by atoms with van der Waals surface area (Å²) >= 11 is 0. The number of hydrogen-bond acceptors (Lipinski definition) is 4. The fourth-order valence-electron chi connectivity index (χ4n) is 3.26. The van der Waals surface area contributed by atoms with Gasteiger partial charge in [-0.15, -0.1) is 0 Å². The average Bonchev–Trinajstić information content (AvgIpc) is 3.02. The van der Waals surface area contributed by atoms with Gasteiger partial charge in [0.1, 0.15) is 17.6 Å². The minimum absolute atomic E-state index is 0.100. The number of alkyl halides is 2. The number of carbonyl (C=O) groups excluding carboxylic acids is 1. The second-order valence-corrected chi connectivity index (χ2v) is 7.55. The molecule has 1 unspecified atom stereocenters. The molecule has 154 valence electrons. The molecule has 0 saturated heterocycles. The van der Waals surface area contributed by atoms with Gasteiger partial charge in [-0.3, -0.25) is 14.5 Å². The van der Waals surface area contributed by atoms with E-state index in [-0.39, 0.29) is 18.2 Å². The predicted octanol–water partition coefficient (Wildman–Crippen LogP) is 3.04. The zero-order valence-corrected chi connectivity index (χ0v) is 16.8. The van der Waals surface area contributed by atoms with Crippen LogP contribution in [0.25, 0.3) is 11.3 Å². The Morgan fingerprint density at radius 3 is 2.77 bits per heavy atom. The lowest BCUT2D eigenvalue weighted by Gasteiger charge is -2.27. The lowest BCUT2D eigenvalue weighted by atomic mass is 10.0. The van der Waals surface area contributed by atoms with Gasteiger partial charge in [0, 0.05) is 30.4 Å². The van der Waals surface area contributed by atoms with E-state index in [0.717, 1.165) is 6.07 Å². The summed E-state index contributed by atoms with van der Waals surface area (Å²) in [5.41, 5.74) is -1.25. The Morgan fingerprint density at radius 1 is 1.33 bits per heavy atom. The molecule has 1 aliphatic rings. The number of fused-ring (bicyclic) bond motifs is 1. The third-order valence-electron chi connectivity index (χ3n) is 4.70. The van der Waals surface area contributed by atoms with E-state index in [9.17, 15) is 18.0 Å². The number of benzene rings is 1. The molecule has 0 fully saturated rings. The first kappa shape index (κ1) is 20.0. The van der Waals surface area contributed by atoms with Gasteiger partial charge in [0.2, 0.25) is 0 Å². The summed E-state index contributed by atoms with van der Waals surface area (Å²) < 4.78 is 46.9. The van der Waals surface area contributed by atoms with Gasteiger partial charge in [-0.25, -0.2) is 9.40 Å². The van der Waals surface area contributed by atoms with E-state index >= 15 is 0 Å². The van der Waals surface area contributed by atoms with E-state index in [0.29, 0.717) is 28.1 Å². The molecule has 11 heteroatoms. The zero-order chi connectivity index (χ0) is 21.6. The number of nitriles is 1. The summed E-state index contributed by atoms with van der Waals surface area (Å²) in [5.74, 6) is -1.06. The normalized spacial score (nSPS) is 13.5. The standard InChI is InChI=1S/C19H15F3N5O2P/c1-25-12(7-23)8-27(25)26-9-15-13(18(26)28)4-5-24-17(15)14-3-2-11(20)6-16(14)29-10-19(21,22)30/h2-6,8H,9-10,30H2,1H3. The number of nitrogens with zero attached hydrogens (tertiary/aromatic N) is 5. The topological polar surface area (TPSA) is 76.1 Å². The minimum atomic E-state index is -3.19. The minimum Gasteiger partial charge on any atom is -0.486 e. The van der Waals surface area contributed by atoms with E-state index in [4.69, 9.17) is 10.00 Å². The van der Waals surface area contributed by atoms with Crippen LogP contribution in [0.1, 0.15) is 21.6 Å². The molecule has 4 rings (SSSR count). The van der Waals surface area contributed by atoms with Crippen molar-refractivity contribution in [2.45, 2.75) is 12.2 Å². The number of halogens is 3. The second-order valence-electron chi connectivity index (χ2n) is 6.71. The van der Waals surface area contributed by atoms with Crippen molar-refractivity contribution in [3.8, 4) is 23.1 Å². The van der Waals surface area contributed by atoms with Crippen molar-refractivity contribution in [2.75, 3.05) is 11.6 Å². The Balaban J connectivity index is 1.74. The number of ether oxygens (including phenoxy) is 1. The molecule has 0 saturated carbocycles. The van der Waals surface area contributed by atoms with Crippen molar-refractivity contribution in [2.24, 2.45) is 7.05 Å². The monoisotopic (exact) mass is 433 g/mol. The highest BCUT2D eigenvalue weighted by Crippen LogP contribution is 2.37. The highest BCUT2D eigenvalue weighted by atomic mass is 31.0. The first-order valence-electron chi connectivity index (χ1n) is 8.73. The summed E-state index contributed by atoms with van der Waals surface area (Å²) in [5, 5.41) is 10.4. The maximum Gasteiger partial charge on any atom is 0.291 e. The first-order valence-corrected chi connectivity index (χ1v) is 9.31. The first-order chi connectivity index (χ1) is 14.2. The molecule has 30 heavy (non-hydrogen) atoms. The van der Waals surface area contributed by atoms with Crippen molar-refractivity contribution in [1.29, 1.82) is 5.26 Å². The predicted molar refractivity (Wildman–Crippen MR) is 104 cm³/mol. The van der Waals surface area contributed by atoms with Crippen molar-refractivity contribution in [3.63, 3.8) is 0 Å². The number of hydrogen-bond donors (Lipinski definition) is 0. The van der Waals surface area contributed by atoms with Crippen LogP contribution in [0.15, 0.2) is 36.7 Å². The largest absolute Gasteiger partial charge is 0.486 e. The van der Waals surface area contributed by atoms with Crippen molar-refractivity contribution in [1.82, 2.24) is 14.5 Å². The van der Waals surface area contributed by atoms with Crippen molar-refractivity contribution < 1.29 is 22.7 Å². The van der Waals surface area contributed by atoms with Crippen LogP contribution in [-0.2, 0) is 13.6 Å². The molecular weight excluding hydrogens is 418 g/mol. The highest BCUT2D eigenvalue weighted by Gasteiger charge is 2.34. The molecule has 1 atom stereocenters. The lowest BCUT2D eigenvalue weighted by molar-refractivity contribution is 0.0462. The lowest BCUT2D eigenvalue weighted by Crippen LogP contribution is -2.42. The molecule has 2 aromatic heterocycles. The van der Waals surface area contributed by atoms with Crippen LogP contribution in [0.3, 0.4) is 0 Å². The SMILES string of the molecule is Cn1c(C#N)cn1N1Cc2c(ccnc2-c2ccc(F)cc2OCC(F)(F)P)C1=O. The quantitative estimate of drug-likeness (QED) is 0.580. The van der Waals surface area contributed by atoms with E-state index in [1.807, 2.05) is 6.07 Å². The summed E-state index contributed by atoms with van der Waals surface area (Å²) in [6.07, 6.45) is 2.94. The van der Waals surface area contributed by atoms with Gasteiger partial charge in [-0.05, 0) is 18.2 Å². The van der Waals surface area contributed by atoms with E-state index in [1.54, 1.807) is 13.1 Å².